The van der Waals surface area contributed by atoms with Crippen molar-refractivity contribution in [3.8, 4) is 22.3 Å². The van der Waals surface area contributed by atoms with Gasteiger partial charge in [0, 0.05) is 50.1 Å². The van der Waals surface area contributed by atoms with E-state index in [-0.39, 0.29) is 44.6 Å². The molecular formula is C71H77BN2O. The number of benzene rings is 7. The Morgan fingerprint density at radius 1 is 0.453 bits per heavy atom. The van der Waals surface area contributed by atoms with Gasteiger partial charge in [-0.2, -0.15) is 0 Å². The molecule has 0 N–H and O–H groups in total. The molecule has 4 bridgehead atoms. The van der Waals surface area contributed by atoms with Crippen LogP contribution in [-0.2, 0) is 37.9 Å². The van der Waals surface area contributed by atoms with Crippen molar-refractivity contribution in [2.75, 3.05) is 9.80 Å². The van der Waals surface area contributed by atoms with Crippen LogP contribution in [0.15, 0.2) is 132 Å². The van der Waals surface area contributed by atoms with Crippen LogP contribution in [0, 0.1) is 0 Å². The van der Waals surface area contributed by atoms with Crippen molar-refractivity contribution < 1.29 is 4.42 Å². The topological polar surface area (TPSA) is 19.6 Å². The first-order valence-corrected chi connectivity index (χ1v) is 28.2. The summed E-state index contributed by atoms with van der Waals surface area (Å²) in [4.78, 5) is 5.31. The summed E-state index contributed by atoms with van der Waals surface area (Å²) in [7, 11) is 0. The van der Waals surface area contributed by atoms with Crippen molar-refractivity contribution >= 4 is 68.4 Å². The van der Waals surface area contributed by atoms with E-state index in [2.05, 4.69) is 248 Å². The van der Waals surface area contributed by atoms with Gasteiger partial charge in [0.05, 0.1) is 5.69 Å². The fourth-order valence-electron chi connectivity index (χ4n) is 14.2. The van der Waals surface area contributed by atoms with Gasteiger partial charge in [0.2, 0.25) is 5.88 Å². The van der Waals surface area contributed by atoms with E-state index < -0.39 is 0 Å². The van der Waals surface area contributed by atoms with Crippen molar-refractivity contribution in [3.05, 3.63) is 172 Å². The molecule has 0 radical (unpaired) electrons. The van der Waals surface area contributed by atoms with Crippen molar-refractivity contribution in [1.29, 1.82) is 0 Å². The van der Waals surface area contributed by atoms with Gasteiger partial charge in [0.15, 0.2) is 0 Å². The molecule has 8 aromatic rings. The highest BCUT2D eigenvalue weighted by Gasteiger charge is 2.50. The third-order valence-electron chi connectivity index (χ3n) is 19.5. The summed E-state index contributed by atoms with van der Waals surface area (Å²) >= 11 is 0. The lowest BCUT2D eigenvalue weighted by Gasteiger charge is -2.46. The maximum atomic E-state index is 7.73. The summed E-state index contributed by atoms with van der Waals surface area (Å²) in [5, 5.41) is 1.24. The van der Waals surface area contributed by atoms with Crippen LogP contribution in [0.3, 0.4) is 0 Å². The van der Waals surface area contributed by atoms with E-state index in [1.807, 2.05) is 0 Å². The third-order valence-corrected chi connectivity index (χ3v) is 19.5. The molecule has 4 aliphatic heterocycles. The molecule has 0 amide bonds. The number of furan rings is 1. The second-order valence-corrected chi connectivity index (χ2v) is 28.8. The zero-order chi connectivity index (χ0) is 52.9. The second-order valence-electron chi connectivity index (χ2n) is 28.8. The lowest BCUT2D eigenvalue weighted by atomic mass is 9.33. The van der Waals surface area contributed by atoms with Crippen molar-refractivity contribution in [2.24, 2.45) is 0 Å². The van der Waals surface area contributed by atoms with E-state index in [1.165, 1.54) is 118 Å². The predicted molar refractivity (Wildman–Crippen MR) is 321 cm³/mol. The Hall–Kier alpha value is -6.26. The zero-order valence-electron chi connectivity index (χ0n) is 47.8. The lowest BCUT2D eigenvalue weighted by molar-refractivity contribution is 0.332. The fraction of sp³-hybridized carbons (Fsp3) is 0.380. The molecule has 5 heterocycles. The van der Waals surface area contributed by atoms with E-state index in [9.17, 15) is 0 Å². The van der Waals surface area contributed by atoms with Crippen molar-refractivity contribution in [3.63, 3.8) is 0 Å². The van der Waals surface area contributed by atoms with Gasteiger partial charge in [-0.15, -0.1) is 0 Å². The molecule has 14 rings (SSSR count). The summed E-state index contributed by atoms with van der Waals surface area (Å²) in [6.07, 6.45) is 4.61. The van der Waals surface area contributed by atoms with Crippen LogP contribution in [0.2, 0.25) is 0 Å². The van der Waals surface area contributed by atoms with E-state index in [0.29, 0.717) is 0 Å². The molecule has 4 heteroatoms. The van der Waals surface area contributed by atoms with E-state index in [4.69, 9.17) is 4.42 Å². The quantitative estimate of drug-likeness (QED) is 0.161. The molecule has 1 aromatic heterocycles. The van der Waals surface area contributed by atoms with Crippen LogP contribution in [0.4, 0.5) is 34.3 Å². The van der Waals surface area contributed by atoms with Crippen LogP contribution in [-0.4, -0.2) is 6.71 Å². The third kappa shape index (κ3) is 7.05. The Labute approximate surface area is 448 Å². The van der Waals surface area contributed by atoms with Gasteiger partial charge >= 0.3 is 0 Å². The molecular weight excluding hydrogens is 908 g/mol. The number of hydrogen-bond donors (Lipinski definition) is 0. The Morgan fingerprint density at radius 3 is 1.60 bits per heavy atom. The highest BCUT2D eigenvalue weighted by atomic mass is 16.4. The average Bonchev–Trinajstić information content (AvgIpc) is 3.80. The highest BCUT2D eigenvalue weighted by Crippen LogP contribution is 2.56. The van der Waals surface area contributed by atoms with Gasteiger partial charge in [-0.25, -0.2) is 0 Å². The van der Waals surface area contributed by atoms with Gasteiger partial charge < -0.3 is 9.32 Å². The molecule has 3 nitrogen and oxygen atoms in total. The minimum atomic E-state index is -0.355. The number of anilines is 6. The SMILES string of the molecule is CC(C)(C)c1cc(-c2ccccc2)c2c(c1)-c1ccc(cc1)C(C)(C)c1cc3c4c(c1)N2c1cc(C(C)(C)C)ccc1B4c1c(oc2cc4c(cc12)C(C)(C)CCC4(C)C)N3c1ccc2c(c1)C(C)(C)CCC2(C)C. The first-order chi connectivity index (χ1) is 35.2. The van der Waals surface area contributed by atoms with Gasteiger partial charge in [-0.1, -0.05) is 184 Å². The molecule has 380 valence electrons. The largest absolute Gasteiger partial charge is 0.440 e. The lowest BCUT2D eigenvalue weighted by Crippen LogP contribution is -2.61. The predicted octanol–water partition coefficient (Wildman–Crippen LogP) is 17.8. The van der Waals surface area contributed by atoms with Crippen molar-refractivity contribution in [2.45, 2.75) is 174 Å². The summed E-state index contributed by atoms with van der Waals surface area (Å²) in [6, 6.07) is 51.0. The Balaban J connectivity index is 1.23. The number of nitrogens with zero attached hydrogens (tertiary/aromatic N) is 2. The van der Waals surface area contributed by atoms with Crippen LogP contribution >= 0.6 is 0 Å². The van der Waals surface area contributed by atoms with Crippen LogP contribution in [0.25, 0.3) is 33.2 Å². The summed E-state index contributed by atoms with van der Waals surface area (Å²) in [5.41, 5.74) is 26.5. The van der Waals surface area contributed by atoms with E-state index in [1.54, 1.807) is 0 Å². The van der Waals surface area contributed by atoms with Crippen LogP contribution in [0.1, 0.15) is 181 Å². The Morgan fingerprint density at radius 2 is 1.00 bits per heavy atom. The van der Waals surface area contributed by atoms with Gasteiger partial charge in [-0.3, -0.25) is 4.90 Å². The molecule has 0 unspecified atom stereocenters. The number of hydrogen-bond acceptors (Lipinski definition) is 3. The standard InChI is InChI=1S/C71H77BN2O/c1-65(2,3)45-26-29-56-57(36-45)74-59-38-47(71(15,16)44-24-22-43(23-25-44)50-35-46(66(4,5)6)34-49(63(50)74)42-20-18-17-19-21-42)37-58-62(59)72(56)61-51-40-54-55(70(13,14)33-32-69(54,11)12)41-60(51)75-64(61)73(58)48-27-28-52-53(39-48)68(9,10)31-30-67(52,7)8/h17-29,34-41H,30-33H2,1-16H3. The van der Waals surface area contributed by atoms with Crippen LogP contribution in [0.5, 0.6) is 0 Å². The molecule has 6 aliphatic rings. The maximum absolute atomic E-state index is 7.73. The van der Waals surface area contributed by atoms with E-state index in [0.717, 1.165) is 36.4 Å². The summed E-state index contributed by atoms with van der Waals surface area (Å²) < 4.78 is 7.73. The molecule has 0 spiro atoms. The van der Waals surface area contributed by atoms with Gasteiger partial charge in [0.1, 0.15) is 5.58 Å². The minimum absolute atomic E-state index is 0.0145. The molecule has 2 aliphatic carbocycles. The smallest absolute Gasteiger partial charge is 0.257 e. The molecule has 0 saturated carbocycles. The molecule has 75 heavy (non-hydrogen) atoms. The van der Waals surface area contributed by atoms with Gasteiger partial charge in [-0.05, 0) is 179 Å². The minimum Gasteiger partial charge on any atom is -0.440 e. The summed E-state index contributed by atoms with van der Waals surface area (Å²) in [6.45, 7) is 38.6. The molecule has 7 aromatic carbocycles. The fourth-order valence-corrected chi connectivity index (χ4v) is 14.2. The first-order valence-electron chi connectivity index (χ1n) is 28.2. The highest BCUT2D eigenvalue weighted by molar-refractivity contribution is 7.01. The van der Waals surface area contributed by atoms with Crippen molar-refractivity contribution in [1.82, 2.24) is 0 Å². The second kappa shape index (κ2) is 15.5. The van der Waals surface area contributed by atoms with Gasteiger partial charge in [0.25, 0.3) is 6.71 Å². The monoisotopic (exact) mass is 985 g/mol. The molecule has 0 saturated heterocycles. The van der Waals surface area contributed by atoms with Crippen LogP contribution < -0.4 is 26.2 Å². The zero-order valence-corrected chi connectivity index (χ0v) is 47.8. The Kier molecular flexibility index (Phi) is 9.97. The maximum Gasteiger partial charge on any atom is 0.257 e. The first kappa shape index (κ1) is 48.4. The number of rotatable bonds is 2. The van der Waals surface area contributed by atoms with E-state index >= 15 is 0 Å². The molecule has 0 atom stereocenters. The average molecular weight is 985 g/mol. The molecule has 0 fully saturated rings. The normalized spacial score (nSPS) is 18.9. The number of fused-ring (bicyclic) bond motifs is 10. The Bertz CT molecular complexity index is 3710. The summed E-state index contributed by atoms with van der Waals surface area (Å²) in [5.74, 6) is 0.946.